The Bertz CT molecular complexity index is 1050. The average Bonchev–Trinajstić information content (AvgIpc) is 2.89. The van der Waals surface area contributed by atoms with Gasteiger partial charge in [0.2, 0.25) is 6.79 Å². The highest BCUT2D eigenvalue weighted by Gasteiger charge is 2.23. The molecule has 0 saturated carbocycles. The minimum atomic E-state index is -0.591. The van der Waals surface area contributed by atoms with Crippen molar-refractivity contribution in [3.05, 3.63) is 59.2 Å². The predicted molar refractivity (Wildman–Crippen MR) is 152 cm³/mol. The van der Waals surface area contributed by atoms with Crippen LogP contribution in [0.5, 0.6) is 17.2 Å². The zero-order valence-corrected chi connectivity index (χ0v) is 23.9. The lowest BCUT2D eigenvalue weighted by Crippen LogP contribution is -2.24. The van der Waals surface area contributed by atoms with E-state index < -0.39 is 5.41 Å². The molecule has 0 aromatic heterocycles. The fraction of sp³-hybridized carbons (Fsp3) is 0.500. The topological polar surface area (TPSA) is 71.1 Å². The smallest absolute Gasteiger partial charge is 0.314 e. The van der Waals surface area contributed by atoms with Crippen molar-refractivity contribution in [2.45, 2.75) is 80.1 Å². The first kappa shape index (κ1) is 30.9. The summed E-state index contributed by atoms with van der Waals surface area (Å²) in [5, 5.41) is 0. The molecule has 6 heteroatoms. The van der Waals surface area contributed by atoms with Gasteiger partial charge in [0.25, 0.3) is 0 Å². The second kappa shape index (κ2) is 15.9. The Kier molecular flexibility index (Phi) is 12.9. The van der Waals surface area contributed by atoms with Crippen LogP contribution in [0, 0.1) is 5.41 Å². The van der Waals surface area contributed by atoms with E-state index >= 15 is 0 Å². The summed E-state index contributed by atoms with van der Waals surface area (Å²) in [6.45, 7) is 12.9. The SMILES string of the molecule is CCCCOc1cc(OCCCC)c(CCC)cc1C=CC(=O)c1ccc(OCOC(=O)C(C)(C)C)cc1. The number of esters is 1. The molecule has 0 fully saturated rings. The Balaban J connectivity index is 2.15. The number of carbonyl (C=O) groups is 2. The largest absolute Gasteiger partial charge is 0.493 e. The summed E-state index contributed by atoms with van der Waals surface area (Å²) < 4.78 is 22.8. The van der Waals surface area contributed by atoms with E-state index in [9.17, 15) is 9.59 Å². The molecule has 0 aliphatic carbocycles. The summed E-state index contributed by atoms with van der Waals surface area (Å²) in [5.74, 6) is 1.63. The van der Waals surface area contributed by atoms with Gasteiger partial charge in [-0.05, 0) is 88.1 Å². The van der Waals surface area contributed by atoms with Crippen LogP contribution in [0.15, 0.2) is 42.5 Å². The summed E-state index contributed by atoms with van der Waals surface area (Å²) in [6.07, 6.45) is 9.32. The molecule has 2 rings (SSSR count). The lowest BCUT2D eigenvalue weighted by atomic mass is 9.98. The van der Waals surface area contributed by atoms with Crippen molar-refractivity contribution in [2.24, 2.45) is 5.41 Å². The van der Waals surface area contributed by atoms with Gasteiger partial charge in [0, 0.05) is 17.2 Å². The molecule has 0 radical (unpaired) electrons. The molecule has 38 heavy (non-hydrogen) atoms. The van der Waals surface area contributed by atoms with Gasteiger partial charge in [-0.2, -0.15) is 0 Å². The first-order chi connectivity index (χ1) is 18.2. The molecule has 208 valence electrons. The minimum Gasteiger partial charge on any atom is -0.493 e. The van der Waals surface area contributed by atoms with Crippen LogP contribution >= 0.6 is 0 Å². The lowest BCUT2D eigenvalue weighted by Gasteiger charge is -2.16. The van der Waals surface area contributed by atoms with Crippen LogP contribution in [0.25, 0.3) is 6.08 Å². The van der Waals surface area contributed by atoms with Gasteiger partial charge in [-0.25, -0.2) is 0 Å². The highest BCUT2D eigenvalue weighted by atomic mass is 16.7. The van der Waals surface area contributed by atoms with Crippen LogP contribution in [-0.2, 0) is 16.0 Å². The van der Waals surface area contributed by atoms with Gasteiger partial charge in [0.15, 0.2) is 5.78 Å². The number of hydrogen-bond acceptors (Lipinski definition) is 6. The number of ketones is 1. The Hall–Kier alpha value is -3.28. The molecule has 0 saturated heterocycles. The van der Waals surface area contributed by atoms with Gasteiger partial charge in [-0.3, -0.25) is 9.59 Å². The van der Waals surface area contributed by atoms with E-state index in [0.29, 0.717) is 24.5 Å². The van der Waals surface area contributed by atoms with Gasteiger partial charge in [0.1, 0.15) is 17.2 Å². The fourth-order valence-corrected chi connectivity index (χ4v) is 3.48. The molecule has 2 aromatic rings. The molecule has 0 bridgehead atoms. The zero-order chi connectivity index (χ0) is 28.0. The maximum Gasteiger partial charge on any atom is 0.314 e. The quantitative estimate of drug-likeness (QED) is 0.0733. The van der Waals surface area contributed by atoms with Crippen molar-refractivity contribution in [3.8, 4) is 17.2 Å². The number of benzene rings is 2. The van der Waals surface area contributed by atoms with Crippen LogP contribution < -0.4 is 14.2 Å². The monoisotopic (exact) mass is 524 g/mol. The first-order valence-electron chi connectivity index (χ1n) is 13.7. The summed E-state index contributed by atoms with van der Waals surface area (Å²) in [7, 11) is 0. The second-order valence-corrected chi connectivity index (χ2v) is 10.3. The van der Waals surface area contributed by atoms with Gasteiger partial charge in [-0.1, -0.05) is 40.0 Å². The van der Waals surface area contributed by atoms with Crippen molar-refractivity contribution in [2.75, 3.05) is 20.0 Å². The highest BCUT2D eigenvalue weighted by molar-refractivity contribution is 6.07. The molecule has 2 aromatic carbocycles. The third kappa shape index (κ3) is 10.2. The van der Waals surface area contributed by atoms with Gasteiger partial charge in [-0.15, -0.1) is 0 Å². The molecular weight excluding hydrogens is 480 g/mol. The van der Waals surface area contributed by atoms with Gasteiger partial charge >= 0.3 is 5.97 Å². The van der Waals surface area contributed by atoms with E-state index in [1.54, 1.807) is 51.1 Å². The maximum absolute atomic E-state index is 12.9. The van der Waals surface area contributed by atoms with E-state index in [4.69, 9.17) is 18.9 Å². The molecule has 0 aliphatic heterocycles. The normalized spacial score (nSPS) is 11.4. The third-order valence-corrected chi connectivity index (χ3v) is 5.80. The number of rotatable bonds is 16. The number of carbonyl (C=O) groups excluding carboxylic acids is 2. The third-order valence-electron chi connectivity index (χ3n) is 5.80. The first-order valence-corrected chi connectivity index (χ1v) is 13.7. The molecular formula is C32H44O6. The predicted octanol–water partition coefficient (Wildman–Crippen LogP) is 7.82. The van der Waals surface area contributed by atoms with E-state index in [2.05, 4.69) is 26.8 Å². The Morgan fingerprint density at radius 1 is 0.816 bits per heavy atom. The lowest BCUT2D eigenvalue weighted by molar-refractivity contribution is -0.159. The van der Waals surface area contributed by atoms with Crippen molar-refractivity contribution in [3.63, 3.8) is 0 Å². The van der Waals surface area contributed by atoms with Crippen LogP contribution in [0.4, 0.5) is 0 Å². The number of allylic oxidation sites excluding steroid dienone is 1. The van der Waals surface area contributed by atoms with Crippen LogP contribution in [0.2, 0.25) is 0 Å². The molecule has 6 nitrogen and oxygen atoms in total. The van der Waals surface area contributed by atoms with E-state index in [0.717, 1.165) is 61.2 Å². The molecule has 0 unspecified atom stereocenters. The number of unbranched alkanes of at least 4 members (excludes halogenated alkanes) is 2. The maximum atomic E-state index is 12.9. The zero-order valence-electron chi connectivity index (χ0n) is 23.9. The van der Waals surface area contributed by atoms with Gasteiger partial charge < -0.3 is 18.9 Å². The standard InChI is InChI=1S/C32H44O6/c1-7-10-19-35-29-22-30(36-20-11-8-2)26(21-25(29)12-9-3)15-18-28(33)24-13-16-27(17-14-24)37-23-38-31(34)32(4,5)6/h13-18,21-22H,7-12,19-20,23H2,1-6H3. The minimum absolute atomic E-state index is 0.129. The average molecular weight is 525 g/mol. The molecule has 0 spiro atoms. The van der Waals surface area contributed by atoms with E-state index in [1.165, 1.54) is 0 Å². The Morgan fingerprint density at radius 3 is 2.03 bits per heavy atom. The molecule has 0 N–H and O–H groups in total. The fourth-order valence-electron chi connectivity index (χ4n) is 3.48. The van der Waals surface area contributed by atoms with Crippen molar-refractivity contribution in [1.82, 2.24) is 0 Å². The summed E-state index contributed by atoms with van der Waals surface area (Å²) in [5.41, 5.74) is 1.92. The summed E-state index contributed by atoms with van der Waals surface area (Å²) >= 11 is 0. The van der Waals surface area contributed by atoms with E-state index in [-0.39, 0.29) is 18.5 Å². The molecule has 0 aliphatic rings. The summed E-state index contributed by atoms with van der Waals surface area (Å²) in [6, 6.07) is 10.8. The molecule has 0 atom stereocenters. The molecule has 0 heterocycles. The van der Waals surface area contributed by atoms with E-state index in [1.807, 2.05) is 12.1 Å². The van der Waals surface area contributed by atoms with Crippen LogP contribution in [-0.4, -0.2) is 31.8 Å². The Labute approximate surface area is 228 Å². The van der Waals surface area contributed by atoms with Crippen molar-refractivity contribution in [1.29, 1.82) is 0 Å². The Morgan fingerprint density at radius 2 is 1.45 bits per heavy atom. The number of ether oxygens (including phenoxy) is 4. The highest BCUT2D eigenvalue weighted by Crippen LogP contribution is 2.32. The van der Waals surface area contributed by atoms with Crippen LogP contribution in [0.3, 0.4) is 0 Å². The summed E-state index contributed by atoms with van der Waals surface area (Å²) in [4.78, 5) is 24.8. The second-order valence-electron chi connectivity index (χ2n) is 10.3. The van der Waals surface area contributed by atoms with Crippen molar-refractivity contribution >= 4 is 17.8 Å². The number of hydrogen-bond donors (Lipinski definition) is 0. The van der Waals surface area contributed by atoms with Crippen molar-refractivity contribution < 1.29 is 28.5 Å². The van der Waals surface area contributed by atoms with Gasteiger partial charge in [0.05, 0.1) is 18.6 Å². The van der Waals surface area contributed by atoms with Crippen LogP contribution in [0.1, 0.15) is 95.1 Å². The molecule has 0 amide bonds. The number of aryl methyl sites for hydroxylation is 1.